The fraction of sp³-hybridized carbons (Fsp3) is 0.583. The number of pyridine rings is 1. The Balaban J connectivity index is 3.02. The quantitative estimate of drug-likeness (QED) is 0.906. The second-order valence-electron chi connectivity index (χ2n) is 4.57. The molecule has 0 aromatic carbocycles. The number of halogens is 3. The number of aromatic nitrogens is 1. The number of hydrogen-bond donors (Lipinski definition) is 1. The molecule has 0 unspecified atom stereocenters. The number of rotatable bonds is 4. The van der Waals surface area contributed by atoms with E-state index < -0.39 is 12.7 Å². The van der Waals surface area contributed by atoms with Crippen molar-refractivity contribution in [3.8, 4) is 0 Å². The van der Waals surface area contributed by atoms with Crippen molar-refractivity contribution in [2.24, 2.45) is 5.73 Å². The zero-order valence-corrected chi connectivity index (χ0v) is 10.7. The van der Waals surface area contributed by atoms with Crippen LogP contribution < -0.4 is 10.6 Å². The summed E-state index contributed by atoms with van der Waals surface area (Å²) in [5, 5.41) is 0. The van der Waals surface area contributed by atoms with Crippen molar-refractivity contribution in [3.05, 3.63) is 23.9 Å². The molecule has 0 aliphatic heterocycles. The van der Waals surface area contributed by atoms with Gasteiger partial charge in [0.05, 0.1) is 0 Å². The van der Waals surface area contributed by atoms with Crippen LogP contribution in [0.4, 0.5) is 19.0 Å². The van der Waals surface area contributed by atoms with E-state index in [1.807, 2.05) is 0 Å². The summed E-state index contributed by atoms with van der Waals surface area (Å²) >= 11 is 0. The molecule has 0 saturated heterocycles. The number of nitrogens with two attached hydrogens (primary N) is 1. The van der Waals surface area contributed by atoms with E-state index in [0.717, 1.165) is 5.56 Å². The van der Waals surface area contributed by atoms with Crippen LogP contribution in [0, 0.1) is 0 Å². The molecule has 6 heteroatoms. The Morgan fingerprint density at radius 3 is 2.39 bits per heavy atom. The smallest absolute Gasteiger partial charge is 0.345 e. The minimum absolute atomic E-state index is 0.230. The van der Waals surface area contributed by atoms with Crippen LogP contribution in [0.1, 0.15) is 32.4 Å². The van der Waals surface area contributed by atoms with Gasteiger partial charge in [-0.3, -0.25) is 0 Å². The summed E-state index contributed by atoms with van der Waals surface area (Å²) in [6.07, 6.45) is -2.77. The molecular weight excluding hydrogens is 243 g/mol. The van der Waals surface area contributed by atoms with E-state index in [1.54, 1.807) is 32.9 Å². The van der Waals surface area contributed by atoms with Crippen molar-refractivity contribution in [2.45, 2.75) is 39.0 Å². The van der Waals surface area contributed by atoms with Gasteiger partial charge in [-0.05, 0) is 38.5 Å². The highest BCUT2D eigenvalue weighted by atomic mass is 19.4. The molecule has 0 fully saturated rings. The number of hydrogen-bond acceptors (Lipinski definition) is 3. The van der Waals surface area contributed by atoms with Crippen molar-refractivity contribution >= 4 is 5.82 Å². The van der Waals surface area contributed by atoms with Gasteiger partial charge in [-0.15, -0.1) is 0 Å². The third kappa shape index (κ3) is 4.18. The summed E-state index contributed by atoms with van der Waals surface area (Å²) < 4.78 is 37.6. The Hall–Kier alpha value is -1.30. The van der Waals surface area contributed by atoms with Crippen LogP contribution in [-0.2, 0) is 0 Å². The molecule has 18 heavy (non-hydrogen) atoms. The Morgan fingerprint density at radius 1 is 1.33 bits per heavy atom. The molecule has 0 radical (unpaired) electrons. The fourth-order valence-electron chi connectivity index (χ4n) is 1.60. The van der Waals surface area contributed by atoms with Crippen LogP contribution >= 0.6 is 0 Å². The summed E-state index contributed by atoms with van der Waals surface area (Å²) in [5.74, 6) is 0.303. The van der Waals surface area contributed by atoms with Crippen LogP contribution in [-0.4, -0.2) is 23.7 Å². The molecule has 0 amide bonds. The highest BCUT2D eigenvalue weighted by Crippen LogP contribution is 2.24. The minimum atomic E-state index is -4.25. The van der Waals surface area contributed by atoms with Gasteiger partial charge in [0.2, 0.25) is 0 Å². The molecule has 0 aliphatic rings. The van der Waals surface area contributed by atoms with E-state index >= 15 is 0 Å². The van der Waals surface area contributed by atoms with Gasteiger partial charge in [0.1, 0.15) is 12.4 Å². The summed E-state index contributed by atoms with van der Waals surface area (Å²) in [6, 6.07) is 2.80. The molecule has 3 nitrogen and oxygen atoms in total. The van der Waals surface area contributed by atoms with Crippen molar-refractivity contribution in [1.29, 1.82) is 0 Å². The van der Waals surface area contributed by atoms with Gasteiger partial charge in [0.25, 0.3) is 0 Å². The Morgan fingerprint density at radius 2 is 1.94 bits per heavy atom. The number of nitrogens with zero attached hydrogens (tertiary/aromatic N) is 2. The predicted octanol–water partition coefficient (Wildman–Crippen LogP) is 2.88. The molecule has 1 atom stereocenters. The van der Waals surface area contributed by atoms with E-state index in [2.05, 4.69) is 4.98 Å². The lowest BCUT2D eigenvalue weighted by atomic mass is 10.1. The summed E-state index contributed by atoms with van der Waals surface area (Å²) in [7, 11) is 0. The molecule has 0 saturated carbocycles. The van der Waals surface area contributed by atoms with E-state index in [0.29, 0.717) is 5.82 Å². The molecule has 0 spiro atoms. The SMILES string of the molecule is CC(C)N(CC(F)(F)F)c1cc([C@H](C)N)ccn1. The highest BCUT2D eigenvalue weighted by molar-refractivity contribution is 5.42. The monoisotopic (exact) mass is 261 g/mol. The largest absolute Gasteiger partial charge is 0.405 e. The summed E-state index contributed by atoms with van der Waals surface area (Å²) in [5.41, 5.74) is 6.49. The molecule has 2 N–H and O–H groups in total. The van der Waals surface area contributed by atoms with Crippen LogP contribution in [0.25, 0.3) is 0 Å². The maximum Gasteiger partial charge on any atom is 0.405 e. The molecular formula is C12H18F3N3. The Bertz CT molecular complexity index is 388. The van der Waals surface area contributed by atoms with E-state index in [9.17, 15) is 13.2 Å². The normalized spacial score (nSPS) is 13.8. The molecule has 1 aromatic rings. The van der Waals surface area contributed by atoms with E-state index in [1.165, 1.54) is 11.1 Å². The summed E-state index contributed by atoms with van der Waals surface area (Å²) in [4.78, 5) is 5.21. The van der Waals surface area contributed by atoms with Gasteiger partial charge in [-0.1, -0.05) is 0 Å². The lowest BCUT2D eigenvalue weighted by molar-refractivity contribution is -0.120. The van der Waals surface area contributed by atoms with Crippen molar-refractivity contribution in [1.82, 2.24) is 4.98 Å². The second-order valence-corrected chi connectivity index (χ2v) is 4.57. The van der Waals surface area contributed by atoms with Gasteiger partial charge < -0.3 is 10.6 Å². The van der Waals surface area contributed by atoms with Crippen LogP contribution in [0.15, 0.2) is 18.3 Å². The fourth-order valence-corrected chi connectivity index (χ4v) is 1.60. The predicted molar refractivity (Wildman–Crippen MR) is 65.4 cm³/mol. The average Bonchev–Trinajstić information content (AvgIpc) is 2.24. The molecule has 102 valence electrons. The first-order valence-electron chi connectivity index (χ1n) is 5.75. The van der Waals surface area contributed by atoms with E-state index in [4.69, 9.17) is 5.73 Å². The third-order valence-electron chi connectivity index (χ3n) is 2.56. The lowest BCUT2D eigenvalue weighted by Crippen LogP contribution is -2.39. The van der Waals surface area contributed by atoms with Gasteiger partial charge >= 0.3 is 6.18 Å². The molecule has 1 rings (SSSR count). The van der Waals surface area contributed by atoms with Crippen molar-refractivity contribution < 1.29 is 13.2 Å². The first-order valence-corrected chi connectivity index (χ1v) is 5.75. The van der Waals surface area contributed by atoms with Crippen LogP contribution in [0.2, 0.25) is 0 Å². The zero-order chi connectivity index (χ0) is 13.9. The standard InChI is InChI=1S/C12H18F3N3/c1-8(2)18(7-12(13,14)15)11-6-10(9(3)16)4-5-17-11/h4-6,8-9H,7,16H2,1-3H3/t9-/m0/s1. The number of alkyl halides is 3. The highest BCUT2D eigenvalue weighted by Gasteiger charge is 2.32. The average molecular weight is 261 g/mol. The molecule has 0 aliphatic carbocycles. The first-order chi connectivity index (χ1) is 8.20. The first kappa shape index (κ1) is 14.8. The minimum Gasteiger partial charge on any atom is -0.345 e. The van der Waals surface area contributed by atoms with Crippen molar-refractivity contribution in [3.63, 3.8) is 0 Å². The molecule has 0 bridgehead atoms. The lowest BCUT2D eigenvalue weighted by Gasteiger charge is -2.29. The third-order valence-corrected chi connectivity index (χ3v) is 2.56. The van der Waals surface area contributed by atoms with Crippen LogP contribution in [0.5, 0.6) is 0 Å². The maximum absolute atomic E-state index is 12.5. The topological polar surface area (TPSA) is 42.1 Å². The second kappa shape index (κ2) is 5.56. The number of anilines is 1. The van der Waals surface area contributed by atoms with E-state index in [-0.39, 0.29) is 12.1 Å². The van der Waals surface area contributed by atoms with Gasteiger partial charge in [0, 0.05) is 18.3 Å². The van der Waals surface area contributed by atoms with Gasteiger partial charge in [0.15, 0.2) is 0 Å². The molecule has 1 aromatic heterocycles. The van der Waals surface area contributed by atoms with Gasteiger partial charge in [-0.25, -0.2) is 4.98 Å². The Labute approximate surface area is 105 Å². The van der Waals surface area contributed by atoms with Crippen molar-refractivity contribution in [2.75, 3.05) is 11.4 Å². The van der Waals surface area contributed by atoms with Gasteiger partial charge in [-0.2, -0.15) is 13.2 Å². The zero-order valence-electron chi connectivity index (χ0n) is 10.7. The maximum atomic E-state index is 12.5. The molecule has 1 heterocycles. The van der Waals surface area contributed by atoms with Crippen LogP contribution in [0.3, 0.4) is 0 Å². The summed E-state index contributed by atoms with van der Waals surface area (Å²) in [6.45, 7) is 4.17. The Kier molecular flexibility index (Phi) is 4.56.